The summed E-state index contributed by atoms with van der Waals surface area (Å²) in [5.74, 6) is -1.02. The number of ether oxygens (including phenoxy) is 1. The normalized spacial score (nSPS) is 18.3. The summed E-state index contributed by atoms with van der Waals surface area (Å²) in [5.41, 5.74) is 0. The molecule has 1 heterocycles. The number of likely N-dealkylation sites (tertiary alicyclic amines) is 1. The van der Waals surface area contributed by atoms with E-state index >= 15 is 0 Å². The summed E-state index contributed by atoms with van der Waals surface area (Å²) in [6.45, 7) is 4.84. The van der Waals surface area contributed by atoms with E-state index in [0.29, 0.717) is 32.5 Å². The summed E-state index contributed by atoms with van der Waals surface area (Å²) in [6, 6.07) is 1.93. The molecule has 5 heteroatoms. The Morgan fingerprint density at radius 2 is 2.06 bits per heavy atom. The number of rotatable bonds is 3. The van der Waals surface area contributed by atoms with Gasteiger partial charge in [0.05, 0.1) is 18.6 Å². The van der Waals surface area contributed by atoms with E-state index in [9.17, 15) is 9.59 Å². The Morgan fingerprint density at radius 3 is 2.53 bits per heavy atom. The van der Waals surface area contributed by atoms with Crippen molar-refractivity contribution in [2.75, 3.05) is 19.7 Å². The first-order chi connectivity index (χ1) is 8.10. The first-order valence-electron chi connectivity index (χ1n) is 5.95. The first-order valence-corrected chi connectivity index (χ1v) is 5.95. The van der Waals surface area contributed by atoms with Gasteiger partial charge in [0.2, 0.25) is 5.91 Å². The zero-order valence-electron chi connectivity index (χ0n) is 10.3. The highest BCUT2D eigenvalue weighted by Gasteiger charge is 2.29. The van der Waals surface area contributed by atoms with Crippen molar-refractivity contribution < 1.29 is 14.3 Å². The van der Waals surface area contributed by atoms with Crippen LogP contribution in [0.3, 0.4) is 0 Å². The molecule has 0 aromatic rings. The molecule has 1 unspecified atom stereocenters. The highest BCUT2D eigenvalue weighted by atomic mass is 16.5. The molecule has 5 nitrogen and oxygen atoms in total. The Bertz CT molecular complexity index is 327. The number of hydrogen-bond donors (Lipinski definition) is 0. The second-order valence-corrected chi connectivity index (χ2v) is 4.20. The molecule has 0 spiro atoms. The zero-order valence-corrected chi connectivity index (χ0v) is 10.3. The molecule has 0 radical (unpaired) electrons. The smallest absolute Gasteiger partial charge is 0.309 e. The number of carbonyl (C=O) groups excluding carboxylic acids is 2. The summed E-state index contributed by atoms with van der Waals surface area (Å²) in [5, 5.41) is 8.67. The third kappa shape index (κ3) is 3.45. The largest absolute Gasteiger partial charge is 0.466 e. The van der Waals surface area contributed by atoms with E-state index < -0.39 is 5.92 Å². The van der Waals surface area contributed by atoms with E-state index in [1.807, 2.05) is 6.07 Å². The Hall–Kier alpha value is -1.57. The molecule has 1 aliphatic rings. The van der Waals surface area contributed by atoms with E-state index in [-0.39, 0.29) is 17.8 Å². The van der Waals surface area contributed by atoms with Crippen LogP contribution in [0.5, 0.6) is 0 Å². The van der Waals surface area contributed by atoms with Crippen molar-refractivity contribution in [3.05, 3.63) is 0 Å². The van der Waals surface area contributed by atoms with Gasteiger partial charge in [-0.25, -0.2) is 0 Å². The summed E-state index contributed by atoms with van der Waals surface area (Å²) in [4.78, 5) is 24.9. The molecular formula is C12H18N2O3. The van der Waals surface area contributed by atoms with Crippen LogP contribution < -0.4 is 0 Å². The van der Waals surface area contributed by atoms with Gasteiger partial charge in [-0.2, -0.15) is 5.26 Å². The lowest BCUT2D eigenvalue weighted by Gasteiger charge is -2.31. The number of piperidine rings is 1. The van der Waals surface area contributed by atoms with Crippen molar-refractivity contribution >= 4 is 11.9 Å². The minimum Gasteiger partial charge on any atom is -0.466 e. The van der Waals surface area contributed by atoms with Crippen molar-refractivity contribution in [2.45, 2.75) is 26.7 Å². The van der Waals surface area contributed by atoms with Gasteiger partial charge in [0, 0.05) is 13.1 Å². The van der Waals surface area contributed by atoms with E-state index in [4.69, 9.17) is 10.00 Å². The highest BCUT2D eigenvalue weighted by Crippen LogP contribution is 2.19. The zero-order chi connectivity index (χ0) is 12.8. The third-order valence-corrected chi connectivity index (χ3v) is 2.99. The van der Waals surface area contributed by atoms with Crippen molar-refractivity contribution in [3.8, 4) is 6.07 Å². The van der Waals surface area contributed by atoms with Gasteiger partial charge in [0.15, 0.2) is 0 Å². The van der Waals surface area contributed by atoms with Crippen LogP contribution in [-0.2, 0) is 14.3 Å². The van der Waals surface area contributed by atoms with Crippen molar-refractivity contribution in [2.24, 2.45) is 11.8 Å². The molecule has 1 fully saturated rings. The second kappa shape index (κ2) is 6.24. The van der Waals surface area contributed by atoms with Crippen molar-refractivity contribution in [1.29, 1.82) is 5.26 Å². The number of amides is 1. The predicted molar refractivity (Wildman–Crippen MR) is 60.7 cm³/mol. The summed E-state index contributed by atoms with van der Waals surface area (Å²) >= 11 is 0. The molecular weight excluding hydrogens is 220 g/mol. The van der Waals surface area contributed by atoms with Crippen LogP contribution in [0, 0.1) is 23.2 Å². The molecule has 0 aromatic carbocycles. The molecule has 0 N–H and O–H groups in total. The molecule has 1 amide bonds. The average molecular weight is 238 g/mol. The minimum atomic E-state index is -0.603. The second-order valence-electron chi connectivity index (χ2n) is 4.20. The van der Waals surface area contributed by atoms with Crippen LogP contribution >= 0.6 is 0 Å². The van der Waals surface area contributed by atoms with Gasteiger partial charge in [0.1, 0.15) is 5.92 Å². The van der Waals surface area contributed by atoms with Gasteiger partial charge < -0.3 is 9.64 Å². The van der Waals surface area contributed by atoms with Crippen LogP contribution in [0.4, 0.5) is 0 Å². The summed E-state index contributed by atoms with van der Waals surface area (Å²) in [6.07, 6.45) is 1.26. The Labute approximate surface area is 101 Å². The highest BCUT2D eigenvalue weighted by molar-refractivity contribution is 5.81. The maximum Gasteiger partial charge on any atom is 0.309 e. The lowest BCUT2D eigenvalue weighted by molar-refractivity contribution is -0.151. The van der Waals surface area contributed by atoms with Crippen molar-refractivity contribution in [1.82, 2.24) is 4.90 Å². The predicted octanol–water partition coefficient (Wildman–Crippen LogP) is 0.948. The fourth-order valence-electron chi connectivity index (χ4n) is 1.92. The maximum absolute atomic E-state index is 11.7. The molecule has 1 aliphatic heterocycles. The topological polar surface area (TPSA) is 70.4 Å². The Balaban J connectivity index is 2.43. The van der Waals surface area contributed by atoms with E-state index in [1.54, 1.807) is 18.7 Å². The van der Waals surface area contributed by atoms with Crippen LogP contribution in [0.25, 0.3) is 0 Å². The maximum atomic E-state index is 11.7. The third-order valence-electron chi connectivity index (χ3n) is 2.99. The monoisotopic (exact) mass is 238 g/mol. The van der Waals surface area contributed by atoms with Gasteiger partial charge in [-0.05, 0) is 26.7 Å². The standard InChI is InChI=1S/C12H18N2O3/c1-3-17-12(16)10-4-6-14(7-5-10)11(15)9(2)8-13/h9-10H,3-7H2,1-2H3. The number of hydrogen-bond acceptors (Lipinski definition) is 4. The summed E-state index contributed by atoms with van der Waals surface area (Å²) in [7, 11) is 0. The van der Waals surface area contributed by atoms with Crippen LogP contribution in [0.15, 0.2) is 0 Å². The lowest BCUT2D eigenvalue weighted by Crippen LogP contribution is -2.42. The fourth-order valence-corrected chi connectivity index (χ4v) is 1.92. The minimum absolute atomic E-state index is 0.101. The van der Waals surface area contributed by atoms with Gasteiger partial charge in [-0.3, -0.25) is 9.59 Å². The van der Waals surface area contributed by atoms with Gasteiger partial charge in [-0.15, -0.1) is 0 Å². The van der Waals surface area contributed by atoms with Crippen molar-refractivity contribution in [3.63, 3.8) is 0 Å². The number of nitrogens with zero attached hydrogens (tertiary/aromatic N) is 2. The molecule has 1 atom stereocenters. The Morgan fingerprint density at radius 1 is 1.47 bits per heavy atom. The van der Waals surface area contributed by atoms with E-state index in [0.717, 1.165) is 0 Å². The molecule has 94 valence electrons. The summed E-state index contributed by atoms with van der Waals surface area (Å²) < 4.78 is 4.95. The fraction of sp³-hybridized carbons (Fsp3) is 0.750. The van der Waals surface area contributed by atoms with E-state index in [1.165, 1.54) is 0 Å². The molecule has 0 bridgehead atoms. The molecule has 17 heavy (non-hydrogen) atoms. The molecule has 1 saturated heterocycles. The van der Waals surface area contributed by atoms with Gasteiger partial charge in [0.25, 0.3) is 0 Å². The number of carbonyl (C=O) groups is 2. The number of esters is 1. The first kappa shape index (κ1) is 13.5. The van der Waals surface area contributed by atoms with Crippen LogP contribution in [0.1, 0.15) is 26.7 Å². The molecule has 0 aromatic heterocycles. The molecule has 0 saturated carbocycles. The number of nitriles is 1. The van der Waals surface area contributed by atoms with Crippen LogP contribution in [0.2, 0.25) is 0 Å². The molecule has 0 aliphatic carbocycles. The van der Waals surface area contributed by atoms with Gasteiger partial charge in [-0.1, -0.05) is 0 Å². The SMILES string of the molecule is CCOC(=O)C1CCN(C(=O)C(C)C#N)CC1. The average Bonchev–Trinajstić information content (AvgIpc) is 2.37. The Kier molecular flexibility index (Phi) is 4.95. The van der Waals surface area contributed by atoms with Gasteiger partial charge >= 0.3 is 5.97 Å². The van der Waals surface area contributed by atoms with Crippen LogP contribution in [-0.4, -0.2) is 36.5 Å². The molecule has 1 rings (SSSR count). The lowest BCUT2D eigenvalue weighted by atomic mass is 9.96. The van der Waals surface area contributed by atoms with E-state index in [2.05, 4.69) is 0 Å². The quantitative estimate of drug-likeness (QED) is 0.686.